The Bertz CT molecular complexity index is 1170. The highest BCUT2D eigenvalue weighted by atomic mass is 32.2. The second-order valence-electron chi connectivity index (χ2n) is 10.6. The summed E-state index contributed by atoms with van der Waals surface area (Å²) in [5, 5.41) is 5.73. The minimum absolute atomic E-state index is 0.0156. The van der Waals surface area contributed by atoms with Crippen LogP contribution < -0.4 is 10.6 Å². The lowest BCUT2D eigenvalue weighted by Gasteiger charge is -2.30. The van der Waals surface area contributed by atoms with E-state index in [9.17, 15) is 22.8 Å². The van der Waals surface area contributed by atoms with Crippen LogP contribution in [0.4, 0.5) is 9.59 Å². The molecule has 1 aromatic carbocycles. The number of amides is 5. The molecule has 0 radical (unpaired) electrons. The summed E-state index contributed by atoms with van der Waals surface area (Å²) in [6, 6.07) is 5.21. The van der Waals surface area contributed by atoms with Gasteiger partial charge in [-0.25, -0.2) is 22.3 Å². The zero-order valence-corrected chi connectivity index (χ0v) is 22.8. The number of nitrogens with one attached hydrogen (secondary N) is 2. The predicted octanol–water partition coefficient (Wildman–Crippen LogP) is 3.95. The Labute approximate surface area is 219 Å². The van der Waals surface area contributed by atoms with Crippen LogP contribution in [0, 0.1) is 5.92 Å². The van der Waals surface area contributed by atoms with Crippen LogP contribution >= 0.6 is 0 Å². The van der Waals surface area contributed by atoms with Crippen molar-refractivity contribution >= 4 is 28.0 Å². The largest absolute Gasteiger partial charge is 0.337 e. The van der Waals surface area contributed by atoms with Gasteiger partial charge < -0.3 is 10.6 Å². The minimum Gasteiger partial charge on any atom is -0.337 e. The topological polar surface area (TPSA) is 116 Å². The van der Waals surface area contributed by atoms with E-state index in [1.165, 1.54) is 17.0 Å². The third kappa shape index (κ3) is 6.17. The van der Waals surface area contributed by atoms with E-state index < -0.39 is 22.1 Å². The number of sulfonamides is 1. The van der Waals surface area contributed by atoms with Gasteiger partial charge in [0.1, 0.15) is 0 Å². The van der Waals surface area contributed by atoms with Crippen molar-refractivity contribution in [2.45, 2.75) is 89.1 Å². The molecule has 9 nitrogen and oxygen atoms in total. The molecule has 2 N–H and O–H groups in total. The summed E-state index contributed by atoms with van der Waals surface area (Å²) < 4.78 is 27.8. The quantitative estimate of drug-likeness (QED) is 0.528. The van der Waals surface area contributed by atoms with Crippen molar-refractivity contribution in [2.24, 2.45) is 5.92 Å². The standard InChI is InChI=1S/C27H38N4O5S/c1-4-24-19(3)17-30(25(24)32)26(33)28-16-15-20-7-13-23(14-8-20)37(35,36)31(22-11-12-22)27(34)29-21-9-5-18(2)6-10-21/h7-8,13-14,18,21-22H,4-6,9-12,15-17H2,1-3H3,(H,28,33)(H,29,34). The van der Waals surface area contributed by atoms with Gasteiger partial charge >= 0.3 is 12.1 Å². The van der Waals surface area contributed by atoms with Crippen LogP contribution in [-0.4, -0.2) is 60.8 Å². The van der Waals surface area contributed by atoms with Crippen LogP contribution in [0.25, 0.3) is 0 Å². The predicted molar refractivity (Wildman–Crippen MR) is 140 cm³/mol. The van der Waals surface area contributed by atoms with Gasteiger partial charge in [0.05, 0.1) is 17.5 Å². The number of carbonyl (C=O) groups is 3. The maximum atomic E-state index is 13.4. The normalized spacial score (nSPS) is 22.2. The molecule has 2 aliphatic carbocycles. The Hall–Kier alpha value is -2.88. The number of carbonyl (C=O) groups excluding carboxylic acids is 3. The Morgan fingerprint density at radius 2 is 1.70 bits per heavy atom. The molecule has 0 bridgehead atoms. The Kier molecular flexibility index (Phi) is 8.26. The number of hydrogen-bond donors (Lipinski definition) is 2. The molecule has 2 saturated carbocycles. The fourth-order valence-corrected chi connectivity index (χ4v) is 6.72. The van der Waals surface area contributed by atoms with E-state index in [1.807, 2.05) is 13.8 Å². The first-order chi connectivity index (χ1) is 17.6. The molecule has 0 atom stereocenters. The third-order valence-electron chi connectivity index (χ3n) is 7.60. The smallest absolute Gasteiger partial charge is 0.331 e. The molecular weight excluding hydrogens is 492 g/mol. The highest BCUT2D eigenvalue weighted by Gasteiger charge is 2.42. The number of urea groups is 2. The number of benzene rings is 1. The molecule has 0 unspecified atom stereocenters. The molecule has 1 heterocycles. The highest BCUT2D eigenvalue weighted by molar-refractivity contribution is 7.89. The number of rotatable bonds is 8. The monoisotopic (exact) mass is 530 g/mol. The summed E-state index contributed by atoms with van der Waals surface area (Å²) in [5.41, 5.74) is 2.45. The van der Waals surface area contributed by atoms with Gasteiger partial charge in [0, 0.05) is 18.2 Å². The van der Waals surface area contributed by atoms with E-state index >= 15 is 0 Å². The molecule has 5 amide bonds. The van der Waals surface area contributed by atoms with E-state index in [4.69, 9.17) is 0 Å². The van der Waals surface area contributed by atoms with Crippen molar-refractivity contribution in [2.75, 3.05) is 13.1 Å². The molecule has 4 rings (SSSR count). The minimum atomic E-state index is -3.98. The van der Waals surface area contributed by atoms with Crippen molar-refractivity contribution in [3.63, 3.8) is 0 Å². The first-order valence-corrected chi connectivity index (χ1v) is 14.8. The molecule has 202 valence electrons. The number of imide groups is 1. The van der Waals surface area contributed by atoms with Crippen molar-refractivity contribution in [3.05, 3.63) is 41.0 Å². The average Bonchev–Trinajstić information content (AvgIpc) is 3.64. The fourth-order valence-electron chi connectivity index (χ4n) is 5.14. The second kappa shape index (κ2) is 11.2. The van der Waals surface area contributed by atoms with Crippen molar-refractivity contribution < 1.29 is 22.8 Å². The van der Waals surface area contributed by atoms with Crippen molar-refractivity contribution in [1.82, 2.24) is 19.8 Å². The van der Waals surface area contributed by atoms with Crippen LogP contribution in [-0.2, 0) is 21.2 Å². The Morgan fingerprint density at radius 3 is 2.27 bits per heavy atom. The fraction of sp³-hybridized carbons (Fsp3) is 0.593. The molecule has 37 heavy (non-hydrogen) atoms. The second-order valence-corrected chi connectivity index (χ2v) is 12.4. The summed E-state index contributed by atoms with van der Waals surface area (Å²) in [7, 11) is -3.98. The van der Waals surface area contributed by atoms with E-state index in [-0.39, 0.29) is 22.9 Å². The van der Waals surface area contributed by atoms with E-state index in [0.717, 1.165) is 41.1 Å². The molecule has 1 aliphatic heterocycles. The average molecular weight is 531 g/mol. The van der Waals surface area contributed by atoms with Gasteiger partial charge in [-0.1, -0.05) is 26.0 Å². The molecule has 0 aromatic heterocycles. The molecule has 1 aromatic rings. The molecule has 10 heteroatoms. The van der Waals surface area contributed by atoms with Crippen LogP contribution in [0.1, 0.15) is 71.3 Å². The maximum Gasteiger partial charge on any atom is 0.331 e. The van der Waals surface area contributed by atoms with Crippen LogP contribution in [0.5, 0.6) is 0 Å². The lowest BCUT2D eigenvalue weighted by Crippen LogP contribution is -2.49. The van der Waals surface area contributed by atoms with E-state index in [1.54, 1.807) is 12.1 Å². The first-order valence-electron chi connectivity index (χ1n) is 13.3. The summed E-state index contributed by atoms with van der Waals surface area (Å²) in [4.78, 5) is 39.1. The Morgan fingerprint density at radius 1 is 1.05 bits per heavy atom. The summed E-state index contributed by atoms with van der Waals surface area (Å²) in [6.07, 6.45) is 6.26. The molecule has 0 spiro atoms. The van der Waals surface area contributed by atoms with Crippen LogP contribution in [0.15, 0.2) is 40.3 Å². The lowest BCUT2D eigenvalue weighted by molar-refractivity contribution is -0.123. The summed E-state index contributed by atoms with van der Waals surface area (Å²) in [6.45, 7) is 6.59. The van der Waals surface area contributed by atoms with E-state index in [0.29, 0.717) is 50.3 Å². The van der Waals surface area contributed by atoms with E-state index in [2.05, 4.69) is 17.6 Å². The lowest BCUT2D eigenvalue weighted by atomic mass is 9.87. The van der Waals surface area contributed by atoms with Gasteiger partial charge in [0.15, 0.2) is 0 Å². The Balaban J connectivity index is 1.33. The summed E-state index contributed by atoms with van der Waals surface area (Å²) in [5.74, 6) is 0.399. The van der Waals surface area contributed by atoms with Gasteiger partial charge in [-0.05, 0) is 87.5 Å². The maximum absolute atomic E-state index is 13.4. The van der Waals surface area contributed by atoms with Crippen molar-refractivity contribution in [3.8, 4) is 0 Å². The number of nitrogens with zero attached hydrogens (tertiary/aromatic N) is 2. The van der Waals surface area contributed by atoms with Crippen LogP contribution in [0.3, 0.4) is 0 Å². The zero-order chi connectivity index (χ0) is 26.7. The van der Waals surface area contributed by atoms with Gasteiger partial charge in [0.2, 0.25) is 0 Å². The highest BCUT2D eigenvalue weighted by Crippen LogP contribution is 2.33. The first kappa shape index (κ1) is 27.2. The van der Waals surface area contributed by atoms with Gasteiger partial charge in [-0.3, -0.25) is 9.69 Å². The van der Waals surface area contributed by atoms with Gasteiger partial charge in [-0.2, -0.15) is 0 Å². The van der Waals surface area contributed by atoms with Crippen molar-refractivity contribution in [1.29, 1.82) is 0 Å². The summed E-state index contributed by atoms with van der Waals surface area (Å²) >= 11 is 0. The van der Waals surface area contributed by atoms with Gasteiger partial charge in [-0.15, -0.1) is 0 Å². The van der Waals surface area contributed by atoms with Crippen LogP contribution in [0.2, 0.25) is 0 Å². The molecular formula is C27H38N4O5S. The molecule has 2 fully saturated rings. The SMILES string of the molecule is CCC1=C(C)CN(C(=O)NCCc2ccc(S(=O)(=O)N(C(=O)NC3CCC(C)CC3)C3CC3)cc2)C1=O. The zero-order valence-electron chi connectivity index (χ0n) is 22.0. The third-order valence-corrected chi connectivity index (χ3v) is 9.45. The molecule has 3 aliphatic rings. The van der Waals surface area contributed by atoms with Gasteiger partial charge in [0.25, 0.3) is 15.9 Å². The number of hydrogen-bond acceptors (Lipinski definition) is 5. The molecule has 0 saturated heterocycles.